The third-order valence-corrected chi connectivity index (χ3v) is 5.79. The Morgan fingerprint density at radius 3 is 2.32 bits per heavy atom. The monoisotopic (exact) mass is 464 g/mol. The molecule has 0 radical (unpaired) electrons. The molecule has 0 spiro atoms. The maximum absolute atomic E-state index is 12.6. The molecule has 2 fully saturated rings. The van der Waals surface area contributed by atoms with Crippen molar-refractivity contribution in [2.24, 2.45) is 16.3 Å². The number of guanidine groups is 1. The molecular weight excluding hydrogens is 427 g/mol. The summed E-state index contributed by atoms with van der Waals surface area (Å²) in [7, 11) is 5.53. The second-order valence-corrected chi connectivity index (χ2v) is 7.83. The molecule has 1 amide bonds. The number of halogens is 1. The van der Waals surface area contributed by atoms with E-state index in [0.717, 1.165) is 44.1 Å². The minimum absolute atomic E-state index is 0. The highest BCUT2D eigenvalue weighted by Gasteiger charge is 2.42. The number of carbonyl (C=O) groups is 1. The third-order valence-electron chi connectivity index (χ3n) is 5.79. The van der Waals surface area contributed by atoms with Crippen LogP contribution in [0.15, 0.2) is 4.99 Å². The molecule has 0 aromatic carbocycles. The number of carbonyl (C=O) groups excluding carboxylic acids is 1. The molecule has 2 aliphatic carbocycles. The number of nitrogens with one attached hydrogen (secondary N) is 2. The fraction of sp³-hybridized carbons (Fsp3) is 0.895. The van der Waals surface area contributed by atoms with Crippen LogP contribution in [0.4, 0.5) is 0 Å². The molecule has 0 heterocycles. The van der Waals surface area contributed by atoms with E-state index in [2.05, 4.69) is 15.6 Å². The zero-order valence-electron chi connectivity index (χ0n) is 16.3. The molecule has 0 aliphatic heterocycles. The zero-order chi connectivity index (χ0) is 17.4. The summed E-state index contributed by atoms with van der Waals surface area (Å²) >= 11 is 0. The minimum Gasteiger partial charge on any atom is -0.356 e. The van der Waals surface area contributed by atoms with Gasteiger partial charge in [-0.05, 0) is 31.6 Å². The first-order chi connectivity index (χ1) is 11.6. The lowest BCUT2D eigenvalue weighted by Crippen LogP contribution is -2.49. The van der Waals surface area contributed by atoms with Crippen LogP contribution in [0.25, 0.3) is 0 Å². The van der Waals surface area contributed by atoms with Crippen molar-refractivity contribution in [2.45, 2.75) is 64.2 Å². The lowest BCUT2D eigenvalue weighted by molar-refractivity contribution is -0.138. The molecule has 0 aromatic heterocycles. The van der Waals surface area contributed by atoms with E-state index in [1.807, 2.05) is 14.1 Å². The summed E-state index contributed by atoms with van der Waals surface area (Å²) < 4.78 is 0. The largest absolute Gasteiger partial charge is 0.356 e. The van der Waals surface area contributed by atoms with Gasteiger partial charge in [-0.1, -0.05) is 38.5 Å². The first kappa shape index (κ1) is 22.5. The van der Waals surface area contributed by atoms with Gasteiger partial charge in [-0.2, -0.15) is 0 Å². The van der Waals surface area contributed by atoms with Gasteiger partial charge in [0.2, 0.25) is 5.91 Å². The van der Waals surface area contributed by atoms with Gasteiger partial charge in [0.25, 0.3) is 0 Å². The number of nitrogens with zero attached hydrogens (tertiary/aromatic N) is 2. The number of aliphatic imine (C=N–C) groups is 1. The molecule has 2 N–H and O–H groups in total. The van der Waals surface area contributed by atoms with Gasteiger partial charge >= 0.3 is 0 Å². The second-order valence-electron chi connectivity index (χ2n) is 7.83. The molecule has 2 rings (SSSR count). The van der Waals surface area contributed by atoms with Crippen molar-refractivity contribution >= 4 is 35.8 Å². The van der Waals surface area contributed by atoms with Gasteiger partial charge in [0.1, 0.15) is 0 Å². The van der Waals surface area contributed by atoms with Crippen LogP contribution >= 0.6 is 24.0 Å². The van der Waals surface area contributed by atoms with Gasteiger partial charge < -0.3 is 15.5 Å². The molecule has 2 saturated carbocycles. The molecule has 5 nitrogen and oxygen atoms in total. The van der Waals surface area contributed by atoms with E-state index >= 15 is 0 Å². The number of hydrogen-bond acceptors (Lipinski definition) is 2. The highest BCUT2D eigenvalue weighted by molar-refractivity contribution is 14.0. The number of amides is 1. The van der Waals surface area contributed by atoms with Crippen LogP contribution in [0.5, 0.6) is 0 Å². The molecule has 6 heteroatoms. The lowest BCUT2D eigenvalue weighted by atomic mass is 9.84. The highest BCUT2D eigenvalue weighted by Crippen LogP contribution is 2.38. The van der Waals surface area contributed by atoms with Crippen molar-refractivity contribution in [3.8, 4) is 0 Å². The van der Waals surface area contributed by atoms with Gasteiger partial charge in [0, 0.05) is 34.2 Å². The maximum atomic E-state index is 12.6. The van der Waals surface area contributed by atoms with Gasteiger partial charge in [-0.25, -0.2) is 0 Å². The van der Waals surface area contributed by atoms with Crippen molar-refractivity contribution in [1.29, 1.82) is 0 Å². The van der Waals surface area contributed by atoms with Crippen molar-refractivity contribution in [1.82, 2.24) is 15.5 Å². The Hall–Kier alpha value is -0.530. The molecule has 25 heavy (non-hydrogen) atoms. The van der Waals surface area contributed by atoms with Crippen LogP contribution in [0.2, 0.25) is 0 Å². The van der Waals surface area contributed by atoms with Crippen molar-refractivity contribution in [3.05, 3.63) is 0 Å². The van der Waals surface area contributed by atoms with E-state index in [0.29, 0.717) is 6.54 Å². The molecule has 146 valence electrons. The van der Waals surface area contributed by atoms with E-state index in [-0.39, 0.29) is 35.3 Å². The molecule has 2 aliphatic rings. The Morgan fingerprint density at radius 2 is 1.76 bits per heavy atom. The lowest BCUT2D eigenvalue weighted by Gasteiger charge is -2.31. The van der Waals surface area contributed by atoms with Crippen LogP contribution in [-0.4, -0.2) is 51.0 Å². The highest BCUT2D eigenvalue weighted by atomic mass is 127. The number of hydrogen-bond donors (Lipinski definition) is 2. The summed E-state index contributed by atoms with van der Waals surface area (Å²) in [5.74, 6) is 2.03. The minimum atomic E-state index is -0.245. The summed E-state index contributed by atoms with van der Waals surface area (Å²) in [5.41, 5.74) is -0.245. The van der Waals surface area contributed by atoms with Crippen molar-refractivity contribution in [2.75, 3.05) is 34.2 Å². The summed E-state index contributed by atoms with van der Waals surface area (Å²) in [5, 5.41) is 6.82. The fourth-order valence-electron chi connectivity index (χ4n) is 4.36. The third kappa shape index (κ3) is 6.61. The average molecular weight is 464 g/mol. The second kappa shape index (κ2) is 11.2. The topological polar surface area (TPSA) is 56.7 Å². The van der Waals surface area contributed by atoms with E-state index in [1.54, 1.807) is 11.9 Å². The van der Waals surface area contributed by atoms with Gasteiger partial charge in [-0.3, -0.25) is 9.79 Å². The van der Waals surface area contributed by atoms with Crippen molar-refractivity contribution < 1.29 is 4.79 Å². The molecule has 0 aromatic rings. The molecule has 0 bridgehead atoms. The predicted molar refractivity (Wildman–Crippen MR) is 116 cm³/mol. The van der Waals surface area contributed by atoms with Crippen LogP contribution in [0, 0.1) is 11.3 Å². The Balaban J connectivity index is 0.00000312. The summed E-state index contributed by atoms with van der Waals surface area (Å²) in [6.45, 7) is 1.65. The summed E-state index contributed by atoms with van der Waals surface area (Å²) in [4.78, 5) is 18.7. The van der Waals surface area contributed by atoms with Gasteiger partial charge in [0.05, 0.1) is 5.41 Å². The molecule has 0 saturated heterocycles. The quantitative estimate of drug-likeness (QED) is 0.263. The van der Waals surface area contributed by atoms with Crippen LogP contribution < -0.4 is 10.6 Å². The maximum Gasteiger partial charge on any atom is 0.230 e. The smallest absolute Gasteiger partial charge is 0.230 e. The zero-order valence-corrected chi connectivity index (χ0v) is 18.6. The Bertz CT molecular complexity index is 427. The average Bonchev–Trinajstić information content (AvgIpc) is 3.25. The van der Waals surface area contributed by atoms with E-state index in [1.165, 1.54) is 38.5 Å². The van der Waals surface area contributed by atoms with Crippen LogP contribution in [0.3, 0.4) is 0 Å². The number of rotatable bonds is 7. The van der Waals surface area contributed by atoms with Gasteiger partial charge in [0.15, 0.2) is 5.96 Å². The first-order valence-corrected chi connectivity index (χ1v) is 9.74. The SMILES string of the molecule is CN=C(NCCCC1CCCC1)NCC1(C(=O)N(C)C)CCCC1.I. The molecular formula is C19H37IN4O. The van der Waals surface area contributed by atoms with E-state index in [9.17, 15) is 4.79 Å². The Morgan fingerprint density at radius 1 is 1.12 bits per heavy atom. The summed E-state index contributed by atoms with van der Waals surface area (Å²) in [6, 6.07) is 0. The fourth-order valence-corrected chi connectivity index (χ4v) is 4.36. The first-order valence-electron chi connectivity index (χ1n) is 9.74. The predicted octanol–water partition coefficient (Wildman–Crippen LogP) is 3.39. The standard InChI is InChI=1S/C19H36N4O.HI/c1-20-18(21-14-8-11-16-9-4-5-10-16)22-15-19(12-6-7-13-19)17(24)23(2)3;/h16H,4-15H2,1-3H3,(H2,20,21,22);1H. The van der Waals surface area contributed by atoms with Crippen LogP contribution in [0.1, 0.15) is 64.2 Å². The van der Waals surface area contributed by atoms with Crippen molar-refractivity contribution in [3.63, 3.8) is 0 Å². The Labute approximate surface area is 170 Å². The van der Waals surface area contributed by atoms with E-state index in [4.69, 9.17) is 0 Å². The molecule has 0 unspecified atom stereocenters. The van der Waals surface area contributed by atoms with E-state index < -0.39 is 0 Å². The summed E-state index contributed by atoms with van der Waals surface area (Å²) in [6.07, 6.45) is 12.5. The normalized spacial score (nSPS) is 20.2. The van der Waals surface area contributed by atoms with Gasteiger partial charge in [-0.15, -0.1) is 24.0 Å². The van der Waals surface area contributed by atoms with Crippen LogP contribution in [-0.2, 0) is 4.79 Å². The molecule has 0 atom stereocenters. The Kier molecular flexibility index (Phi) is 10.1.